The van der Waals surface area contributed by atoms with Gasteiger partial charge in [0.2, 0.25) is 11.8 Å². The van der Waals surface area contributed by atoms with Crippen molar-refractivity contribution < 1.29 is 14.3 Å². The van der Waals surface area contributed by atoms with Gasteiger partial charge in [-0.1, -0.05) is 0 Å². The second-order valence-electron chi connectivity index (χ2n) is 10.1. The number of benzene rings is 1. The van der Waals surface area contributed by atoms with E-state index in [0.717, 1.165) is 56.9 Å². The summed E-state index contributed by atoms with van der Waals surface area (Å²) in [7, 11) is 3.97. The van der Waals surface area contributed by atoms with E-state index in [1.807, 2.05) is 25.2 Å². The molecule has 1 fully saturated rings. The van der Waals surface area contributed by atoms with E-state index in [2.05, 4.69) is 42.4 Å². The van der Waals surface area contributed by atoms with Crippen LogP contribution in [0.5, 0.6) is 5.75 Å². The zero-order valence-corrected chi connectivity index (χ0v) is 22.2. The molecule has 0 aliphatic carbocycles. The summed E-state index contributed by atoms with van der Waals surface area (Å²) in [6, 6.07) is 5.95. The van der Waals surface area contributed by atoms with Gasteiger partial charge in [-0.2, -0.15) is 0 Å². The molecule has 3 aliphatic heterocycles. The molecule has 1 saturated heterocycles. The summed E-state index contributed by atoms with van der Waals surface area (Å²) in [5, 5.41) is 6.17. The second-order valence-corrected chi connectivity index (χ2v) is 10.1. The molecule has 2 aromatic rings. The van der Waals surface area contributed by atoms with Crippen LogP contribution in [0, 0.1) is 0 Å². The fourth-order valence-electron chi connectivity index (χ4n) is 4.97. The molecule has 1 atom stereocenters. The molecule has 1 aromatic heterocycles. The van der Waals surface area contributed by atoms with E-state index in [1.165, 1.54) is 6.33 Å². The first-order chi connectivity index (χ1) is 18.5. The fourth-order valence-corrected chi connectivity index (χ4v) is 4.97. The summed E-state index contributed by atoms with van der Waals surface area (Å²) in [6.07, 6.45) is 5.91. The maximum Gasteiger partial charge on any atom is 0.238 e. The third-order valence-electron chi connectivity index (χ3n) is 7.31. The van der Waals surface area contributed by atoms with Crippen molar-refractivity contribution in [2.45, 2.75) is 31.6 Å². The van der Waals surface area contributed by atoms with E-state index in [1.54, 1.807) is 11.1 Å². The molecule has 0 spiro atoms. The molecule has 0 saturated carbocycles. The number of nitrogens with one attached hydrogen (secondary N) is 2. The number of anilines is 3. The Morgan fingerprint density at radius 2 is 1.79 bits per heavy atom. The van der Waals surface area contributed by atoms with Crippen LogP contribution in [0.1, 0.15) is 37.2 Å². The molecular formula is C27H36N8O3. The summed E-state index contributed by atoms with van der Waals surface area (Å²) in [6.45, 7) is 5.60. The molecule has 2 amide bonds. The highest BCUT2D eigenvalue weighted by molar-refractivity contribution is 6.13. The Bertz CT molecular complexity index is 1190. The number of fused-ring (bicyclic) bond motifs is 2. The number of aromatic nitrogens is 2. The van der Waals surface area contributed by atoms with Gasteiger partial charge in [-0.25, -0.2) is 9.97 Å². The Morgan fingerprint density at radius 3 is 2.63 bits per heavy atom. The molecule has 1 unspecified atom stereocenters. The van der Waals surface area contributed by atoms with Crippen molar-refractivity contribution in [3.63, 3.8) is 0 Å². The van der Waals surface area contributed by atoms with Gasteiger partial charge >= 0.3 is 0 Å². The Balaban J connectivity index is 1.44. The van der Waals surface area contributed by atoms with Gasteiger partial charge in [0.25, 0.3) is 0 Å². The minimum Gasteiger partial charge on any atom is -0.491 e. The molecule has 11 nitrogen and oxygen atoms in total. The monoisotopic (exact) mass is 520 g/mol. The predicted octanol–water partition coefficient (Wildman–Crippen LogP) is 2.49. The van der Waals surface area contributed by atoms with Crippen molar-refractivity contribution in [3.8, 4) is 5.75 Å². The van der Waals surface area contributed by atoms with Crippen LogP contribution < -0.4 is 20.3 Å². The number of rotatable bonds is 1. The Kier molecular flexibility index (Phi) is 8.02. The van der Waals surface area contributed by atoms with E-state index in [4.69, 9.17) is 4.74 Å². The van der Waals surface area contributed by atoms with Gasteiger partial charge in [0, 0.05) is 65.0 Å². The third kappa shape index (κ3) is 5.88. The zero-order chi connectivity index (χ0) is 26.5. The first-order valence-corrected chi connectivity index (χ1v) is 13.4. The lowest BCUT2D eigenvalue weighted by atomic mass is 10.0. The lowest BCUT2D eigenvalue weighted by Crippen LogP contribution is -2.44. The molecule has 11 heteroatoms. The van der Waals surface area contributed by atoms with Crippen molar-refractivity contribution >= 4 is 41.0 Å². The maximum absolute atomic E-state index is 12.8. The molecule has 2 bridgehead atoms. The molecule has 5 rings (SSSR count). The minimum atomic E-state index is -0.610. The molecule has 2 N–H and O–H groups in total. The van der Waals surface area contributed by atoms with Crippen molar-refractivity contribution in [3.05, 3.63) is 30.1 Å². The van der Waals surface area contributed by atoms with E-state index in [-0.39, 0.29) is 11.8 Å². The first-order valence-electron chi connectivity index (χ1n) is 13.4. The quantitative estimate of drug-likeness (QED) is 0.590. The minimum absolute atomic E-state index is 0.134. The molecule has 0 radical (unpaired) electrons. The van der Waals surface area contributed by atoms with Gasteiger partial charge in [0.15, 0.2) is 0 Å². The van der Waals surface area contributed by atoms with Crippen molar-refractivity contribution in [2.24, 2.45) is 4.99 Å². The number of ether oxygens (including phenoxy) is 1. The van der Waals surface area contributed by atoms with Crippen molar-refractivity contribution in [1.29, 1.82) is 0 Å². The molecule has 3 aliphatic rings. The van der Waals surface area contributed by atoms with Crippen LogP contribution in [0.25, 0.3) is 0 Å². The lowest BCUT2D eigenvalue weighted by Gasteiger charge is -2.35. The highest BCUT2D eigenvalue weighted by Gasteiger charge is 2.33. The highest BCUT2D eigenvalue weighted by Crippen LogP contribution is 2.36. The van der Waals surface area contributed by atoms with E-state index in [0.29, 0.717) is 49.0 Å². The number of piperazine rings is 1. The third-order valence-corrected chi connectivity index (χ3v) is 7.31. The van der Waals surface area contributed by atoms with Gasteiger partial charge in [0.05, 0.1) is 23.5 Å². The Labute approximate surface area is 223 Å². The van der Waals surface area contributed by atoms with Gasteiger partial charge in [0.1, 0.15) is 29.6 Å². The average Bonchev–Trinajstić information content (AvgIpc) is 3.25. The van der Waals surface area contributed by atoms with E-state index < -0.39 is 5.92 Å². The standard InChI is InChI=1S/C27H36N8O3/c1-33-11-13-35(14-12-33)21-8-7-19-16-22(21)38-15-4-3-6-23(36)34(2)10-5-9-28-25-24-20(17-29-19)27(37)32-26(24)31-18-30-25/h7-8,16-18,20H,3-6,9-15H2,1-2H3,(H2,28,30,31,32,37). The topological polar surface area (TPSA) is 115 Å². The largest absolute Gasteiger partial charge is 0.491 e. The SMILES string of the molecule is CN1CCN(c2ccc3cc2OCCCCC(=O)N(C)CCCNc2ncnc4c2C(C=N3)C(=O)N4)CC1. The summed E-state index contributed by atoms with van der Waals surface area (Å²) >= 11 is 0. The summed E-state index contributed by atoms with van der Waals surface area (Å²) in [4.78, 5) is 45.2. The van der Waals surface area contributed by atoms with Crippen LogP contribution in [0.3, 0.4) is 0 Å². The number of aliphatic imine (C=N–C) groups is 1. The predicted molar refractivity (Wildman–Crippen MR) is 148 cm³/mol. The van der Waals surface area contributed by atoms with Gasteiger partial charge < -0.3 is 30.1 Å². The van der Waals surface area contributed by atoms with Crippen LogP contribution in [-0.2, 0) is 9.59 Å². The summed E-state index contributed by atoms with van der Waals surface area (Å²) in [5.74, 6) is 1.21. The molecule has 202 valence electrons. The van der Waals surface area contributed by atoms with Gasteiger partial charge in [-0.3, -0.25) is 14.6 Å². The number of carbonyl (C=O) groups is 2. The van der Waals surface area contributed by atoms with E-state index in [9.17, 15) is 9.59 Å². The number of likely N-dealkylation sites (N-methyl/N-ethyl adjacent to an activating group) is 1. The number of amides is 2. The van der Waals surface area contributed by atoms with Crippen molar-refractivity contribution in [2.75, 3.05) is 75.5 Å². The van der Waals surface area contributed by atoms with Crippen molar-refractivity contribution in [1.82, 2.24) is 19.8 Å². The second kappa shape index (κ2) is 11.8. The summed E-state index contributed by atoms with van der Waals surface area (Å²) < 4.78 is 6.26. The number of hydrogen-bond acceptors (Lipinski definition) is 9. The molecular weight excluding hydrogens is 484 g/mol. The van der Waals surface area contributed by atoms with Crippen LogP contribution in [0.15, 0.2) is 29.5 Å². The molecule has 4 heterocycles. The van der Waals surface area contributed by atoms with Crippen LogP contribution in [0.2, 0.25) is 0 Å². The van der Waals surface area contributed by atoms with Gasteiger partial charge in [-0.05, 0) is 38.4 Å². The zero-order valence-electron chi connectivity index (χ0n) is 22.2. The van der Waals surface area contributed by atoms with Crippen LogP contribution in [-0.4, -0.2) is 97.8 Å². The maximum atomic E-state index is 12.8. The molecule has 1 aromatic carbocycles. The normalized spacial score (nSPS) is 21.5. The first kappa shape index (κ1) is 25.9. The lowest BCUT2D eigenvalue weighted by molar-refractivity contribution is -0.130. The fraction of sp³-hybridized carbons (Fsp3) is 0.519. The number of carbonyl (C=O) groups excluding carboxylic acids is 2. The summed E-state index contributed by atoms with van der Waals surface area (Å²) in [5.41, 5.74) is 2.44. The molecule has 38 heavy (non-hydrogen) atoms. The Morgan fingerprint density at radius 1 is 0.974 bits per heavy atom. The smallest absolute Gasteiger partial charge is 0.238 e. The van der Waals surface area contributed by atoms with Crippen LogP contribution in [0.4, 0.5) is 23.0 Å². The highest BCUT2D eigenvalue weighted by atomic mass is 16.5. The number of nitrogens with zero attached hydrogens (tertiary/aromatic N) is 6. The van der Waals surface area contributed by atoms with Gasteiger partial charge in [-0.15, -0.1) is 0 Å². The van der Waals surface area contributed by atoms with E-state index >= 15 is 0 Å². The van der Waals surface area contributed by atoms with Crippen LogP contribution >= 0.6 is 0 Å². The number of hydrogen-bond donors (Lipinski definition) is 2. The Hall–Kier alpha value is -3.73. The average molecular weight is 521 g/mol.